The zero-order valence-electron chi connectivity index (χ0n) is 10.3. The number of aromatic nitrogens is 1. The number of nitrogen functional groups attached to an aromatic ring is 1. The van der Waals surface area contributed by atoms with Gasteiger partial charge in [0.1, 0.15) is 26.1 Å². The van der Waals surface area contributed by atoms with E-state index in [1.165, 1.54) is 11.3 Å². The Labute approximate surface area is 118 Å². The average molecular weight is 329 g/mol. The second-order valence-corrected chi connectivity index (χ2v) is 5.97. The number of halogens is 1. The summed E-state index contributed by atoms with van der Waals surface area (Å²) in [4.78, 5) is 4.31. The highest BCUT2D eigenvalue weighted by Gasteiger charge is 2.16. The van der Waals surface area contributed by atoms with Crippen molar-refractivity contribution in [3.8, 4) is 22.1 Å². The largest absolute Gasteiger partial charge is 0.496 e. The maximum Gasteiger partial charge on any atom is 0.149 e. The molecule has 2 N–H and O–H groups in total. The summed E-state index contributed by atoms with van der Waals surface area (Å²) in [6.07, 6.45) is 0. The molecule has 2 aromatic rings. The number of hydrogen-bond donors (Lipinski definition) is 1. The third-order valence-electron chi connectivity index (χ3n) is 2.62. The minimum absolute atomic E-state index is 0.491. The van der Waals surface area contributed by atoms with Gasteiger partial charge in [0.05, 0.1) is 19.8 Å². The minimum atomic E-state index is 0.491. The van der Waals surface area contributed by atoms with Crippen LogP contribution in [0.5, 0.6) is 11.5 Å². The number of thiazole rings is 1. The van der Waals surface area contributed by atoms with Crippen molar-refractivity contribution in [1.29, 1.82) is 0 Å². The highest BCUT2D eigenvalue weighted by atomic mass is 79.9. The molecular weight excluding hydrogens is 316 g/mol. The van der Waals surface area contributed by atoms with Gasteiger partial charge in [-0.05, 0) is 35.0 Å². The summed E-state index contributed by atoms with van der Waals surface area (Å²) < 4.78 is 11.6. The molecule has 0 saturated heterocycles. The van der Waals surface area contributed by atoms with Crippen LogP contribution in [0.3, 0.4) is 0 Å². The quantitative estimate of drug-likeness (QED) is 0.937. The summed E-state index contributed by atoms with van der Waals surface area (Å²) in [6.45, 7) is 1.95. The molecule has 0 atom stereocenters. The van der Waals surface area contributed by atoms with Crippen molar-refractivity contribution in [2.24, 2.45) is 0 Å². The van der Waals surface area contributed by atoms with E-state index in [2.05, 4.69) is 20.9 Å². The molecule has 0 spiro atoms. The van der Waals surface area contributed by atoms with Gasteiger partial charge in [-0.1, -0.05) is 0 Å². The molecule has 0 bridgehead atoms. The second-order valence-electron chi connectivity index (χ2n) is 3.65. The SMILES string of the molecule is COc1ccc(-c2nc(N)c(Br)s2)c(OC)c1C. The monoisotopic (exact) mass is 328 g/mol. The lowest BCUT2D eigenvalue weighted by Gasteiger charge is -2.12. The fourth-order valence-electron chi connectivity index (χ4n) is 1.75. The van der Waals surface area contributed by atoms with Crippen LogP contribution in [0, 0.1) is 6.92 Å². The molecule has 0 unspecified atom stereocenters. The smallest absolute Gasteiger partial charge is 0.149 e. The standard InChI is InChI=1S/C12H13BrN2O2S/c1-6-8(16-2)5-4-7(9(6)17-3)12-15-11(14)10(13)18-12/h4-5H,14H2,1-3H3. The lowest BCUT2D eigenvalue weighted by atomic mass is 10.1. The summed E-state index contributed by atoms with van der Waals surface area (Å²) >= 11 is 4.85. The van der Waals surface area contributed by atoms with Crippen molar-refractivity contribution in [3.05, 3.63) is 21.5 Å². The van der Waals surface area contributed by atoms with Gasteiger partial charge in [-0.3, -0.25) is 0 Å². The Bertz CT molecular complexity index is 564. The first-order chi connectivity index (χ1) is 8.58. The lowest BCUT2D eigenvalue weighted by molar-refractivity contribution is 0.390. The summed E-state index contributed by atoms with van der Waals surface area (Å²) in [6, 6.07) is 3.83. The number of hydrogen-bond acceptors (Lipinski definition) is 5. The van der Waals surface area contributed by atoms with E-state index in [-0.39, 0.29) is 0 Å². The zero-order valence-corrected chi connectivity index (χ0v) is 12.7. The van der Waals surface area contributed by atoms with Crippen molar-refractivity contribution in [2.75, 3.05) is 20.0 Å². The number of nitrogens with two attached hydrogens (primary N) is 1. The topological polar surface area (TPSA) is 57.4 Å². The van der Waals surface area contributed by atoms with Gasteiger partial charge in [0, 0.05) is 5.56 Å². The van der Waals surface area contributed by atoms with E-state index in [9.17, 15) is 0 Å². The van der Waals surface area contributed by atoms with Gasteiger partial charge in [0.25, 0.3) is 0 Å². The lowest BCUT2D eigenvalue weighted by Crippen LogP contribution is -1.95. The maximum atomic E-state index is 5.75. The van der Waals surface area contributed by atoms with Gasteiger partial charge in [-0.15, -0.1) is 11.3 Å². The number of benzene rings is 1. The molecule has 4 nitrogen and oxygen atoms in total. The van der Waals surface area contributed by atoms with Crippen molar-refractivity contribution >= 4 is 33.1 Å². The molecule has 0 radical (unpaired) electrons. The van der Waals surface area contributed by atoms with Gasteiger partial charge < -0.3 is 15.2 Å². The van der Waals surface area contributed by atoms with E-state index in [1.54, 1.807) is 14.2 Å². The number of rotatable bonds is 3. The Morgan fingerprint density at radius 3 is 2.50 bits per heavy atom. The van der Waals surface area contributed by atoms with Crippen molar-refractivity contribution in [2.45, 2.75) is 6.92 Å². The van der Waals surface area contributed by atoms with Crippen LogP contribution in [0.25, 0.3) is 10.6 Å². The third-order valence-corrected chi connectivity index (χ3v) is 4.41. The summed E-state index contributed by atoms with van der Waals surface area (Å²) in [5, 5.41) is 0.821. The molecule has 18 heavy (non-hydrogen) atoms. The Kier molecular flexibility index (Phi) is 3.77. The number of ether oxygens (including phenoxy) is 2. The summed E-state index contributed by atoms with van der Waals surface area (Å²) in [7, 11) is 3.27. The van der Waals surface area contributed by atoms with Crippen LogP contribution in [0.4, 0.5) is 5.82 Å². The molecule has 96 valence electrons. The molecule has 0 aliphatic carbocycles. The molecular formula is C12H13BrN2O2S. The van der Waals surface area contributed by atoms with E-state index < -0.39 is 0 Å². The van der Waals surface area contributed by atoms with Crippen molar-refractivity contribution < 1.29 is 9.47 Å². The molecule has 6 heteroatoms. The van der Waals surface area contributed by atoms with Crippen LogP contribution < -0.4 is 15.2 Å². The first-order valence-corrected chi connectivity index (χ1v) is 6.83. The maximum absolute atomic E-state index is 5.75. The van der Waals surface area contributed by atoms with Crippen molar-refractivity contribution in [3.63, 3.8) is 0 Å². The van der Waals surface area contributed by atoms with Gasteiger partial charge in [-0.25, -0.2) is 4.98 Å². The van der Waals surface area contributed by atoms with Crippen LogP contribution in [0.2, 0.25) is 0 Å². The highest BCUT2D eigenvalue weighted by Crippen LogP contribution is 2.41. The first kappa shape index (κ1) is 13.2. The van der Waals surface area contributed by atoms with Crippen LogP contribution >= 0.6 is 27.3 Å². The number of nitrogens with zero attached hydrogens (tertiary/aromatic N) is 1. The van der Waals surface area contributed by atoms with E-state index in [0.717, 1.165) is 31.4 Å². The molecule has 1 aromatic carbocycles. The van der Waals surface area contributed by atoms with Crippen LogP contribution in [0.1, 0.15) is 5.56 Å². The predicted octanol–water partition coefficient (Wildman–Crippen LogP) is 3.48. The molecule has 2 rings (SSSR count). The van der Waals surface area contributed by atoms with Crippen molar-refractivity contribution in [1.82, 2.24) is 4.98 Å². The molecule has 1 aromatic heterocycles. The first-order valence-electron chi connectivity index (χ1n) is 5.22. The van der Waals surface area contributed by atoms with Gasteiger partial charge in [0.2, 0.25) is 0 Å². The average Bonchev–Trinajstić information content (AvgIpc) is 2.69. The summed E-state index contributed by atoms with van der Waals surface area (Å²) in [5.41, 5.74) is 7.61. The van der Waals surface area contributed by atoms with E-state index >= 15 is 0 Å². The van der Waals surface area contributed by atoms with Crippen LogP contribution in [0.15, 0.2) is 15.9 Å². The van der Waals surface area contributed by atoms with Gasteiger partial charge in [0.15, 0.2) is 0 Å². The van der Waals surface area contributed by atoms with E-state index in [1.807, 2.05) is 19.1 Å². The van der Waals surface area contributed by atoms with Gasteiger partial charge >= 0.3 is 0 Å². The van der Waals surface area contributed by atoms with Crippen LogP contribution in [-0.2, 0) is 0 Å². The predicted molar refractivity (Wildman–Crippen MR) is 77.5 cm³/mol. The number of anilines is 1. The third kappa shape index (κ3) is 2.18. The van der Waals surface area contributed by atoms with E-state index in [0.29, 0.717) is 5.82 Å². The fourth-order valence-corrected chi connectivity index (χ4v) is 3.04. The Balaban J connectivity index is 2.61. The summed E-state index contributed by atoms with van der Waals surface area (Å²) in [5.74, 6) is 2.04. The molecule has 0 aliphatic heterocycles. The van der Waals surface area contributed by atoms with E-state index in [4.69, 9.17) is 15.2 Å². The van der Waals surface area contributed by atoms with Crippen LogP contribution in [-0.4, -0.2) is 19.2 Å². The van der Waals surface area contributed by atoms with Gasteiger partial charge in [-0.2, -0.15) is 0 Å². The normalized spacial score (nSPS) is 10.4. The Hall–Kier alpha value is -1.27. The molecule has 0 amide bonds. The molecule has 0 fully saturated rings. The minimum Gasteiger partial charge on any atom is -0.496 e. The second kappa shape index (κ2) is 5.16. The Morgan fingerprint density at radius 1 is 1.28 bits per heavy atom. The molecule has 1 heterocycles. The number of methoxy groups -OCH3 is 2. The highest BCUT2D eigenvalue weighted by molar-refractivity contribution is 9.11. The Morgan fingerprint density at radius 2 is 2.00 bits per heavy atom. The fraction of sp³-hybridized carbons (Fsp3) is 0.250. The molecule has 0 saturated carbocycles. The zero-order chi connectivity index (χ0) is 13.3. The molecule has 0 aliphatic rings.